The normalized spacial score (nSPS) is 16.8. The summed E-state index contributed by atoms with van der Waals surface area (Å²) in [5.74, 6) is 0.475. The molecule has 0 saturated carbocycles. The number of rotatable bonds is 7. The van der Waals surface area contributed by atoms with Crippen LogP contribution in [0.1, 0.15) is 34.9 Å². The zero-order valence-electron chi connectivity index (χ0n) is 16.1. The molecule has 3 rings (SSSR count). The summed E-state index contributed by atoms with van der Waals surface area (Å²) in [4.78, 5) is 32.4. The number of benzene rings is 1. The summed E-state index contributed by atoms with van der Waals surface area (Å²) in [6, 6.07) is 7.43. The van der Waals surface area contributed by atoms with E-state index >= 15 is 0 Å². The Hall–Kier alpha value is -2.87. The maximum absolute atomic E-state index is 13.0. The second-order valence-electron chi connectivity index (χ2n) is 7.16. The molecule has 2 aromatic rings. The molecule has 3 N–H and O–H groups in total. The molecule has 1 unspecified atom stereocenters. The third-order valence-corrected chi connectivity index (χ3v) is 5.14. The van der Waals surface area contributed by atoms with Gasteiger partial charge in [0.1, 0.15) is 12.4 Å². The summed E-state index contributed by atoms with van der Waals surface area (Å²) in [6.45, 7) is 2.00. The molecule has 150 valence electrons. The summed E-state index contributed by atoms with van der Waals surface area (Å²) >= 11 is 0. The molecular formula is C20H27N5O3. The number of primary amides is 1. The Morgan fingerprint density at radius 1 is 1.32 bits per heavy atom. The van der Waals surface area contributed by atoms with Gasteiger partial charge in [-0.05, 0) is 37.1 Å². The summed E-state index contributed by atoms with van der Waals surface area (Å²) in [5, 5.41) is 9.05. The lowest BCUT2D eigenvalue weighted by atomic mass is 9.96. The van der Waals surface area contributed by atoms with E-state index < -0.39 is 5.91 Å². The Bertz CT molecular complexity index is 818. The van der Waals surface area contributed by atoms with E-state index in [-0.39, 0.29) is 25.0 Å². The number of carbonyl (C=O) groups is 2. The molecule has 2 amide bonds. The first-order chi connectivity index (χ1) is 13.5. The van der Waals surface area contributed by atoms with Crippen LogP contribution in [0.2, 0.25) is 0 Å². The fourth-order valence-electron chi connectivity index (χ4n) is 3.67. The Kier molecular flexibility index (Phi) is 6.30. The Morgan fingerprint density at radius 3 is 2.75 bits per heavy atom. The van der Waals surface area contributed by atoms with Crippen molar-refractivity contribution in [1.29, 1.82) is 0 Å². The lowest BCUT2D eigenvalue weighted by Crippen LogP contribution is -2.40. The van der Waals surface area contributed by atoms with Crippen LogP contribution in [0.15, 0.2) is 36.7 Å². The van der Waals surface area contributed by atoms with Crippen LogP contribution in [0, 0.1) is 0 Å². The predicted octanol–water partition coefficient (Wildman–Crippen LogP) is 0.817. The average molecular weight is 385 g/mol. The molecule has 1 aromatic heterocycles. The molecule has 1 saturated heterocycles. The third-order valence-electron chi connectivity index (χ3n) is 5.14. The average Bonchev–Trinajstić information content (AvgIpc) is 3.15. The first-order valence-corrected chi connectivity index (χ1v) is 9.50. The molecule has 0 radical (unpaired) electrons. The number of aromatic nitrogens is 2. The number of carbonyl (C=O) groups excluding carboxylic acids is 2. The first-order valence-electron chi connectivity index (χ1n) is 9.50. The van der Waals surface area contributed by atoms with Gasteiger partial charge in [-0.1, -0.05) is 0 Å². The van der Waals surface area contributed by atoms with Crippen molar-refractivity contribution in [3.63, 3.8) is 0 Å². The van der Waals surface area contributed by atoms with Gasteiger partial charge in [0, 0.05) is 56.2 Å². The molecule has 0 spiro atoms. The van der Waals surface area contributed by atoms with Gasteiger partial charge in [-0.25, -0.2) is 4.98 Å². The van der Waals surface area contributed by atoms with Crippen molar-refractivity contribution in [2.24, 2.45) is 5.73 Å². The number of anilines is 1. The van der Waals surface area contributed by atoms with E-state index in [0.717, 1.165) is 24.4 Å². The number of amides is 2. The van der Waals surface area contributed by atoms with Gasteiger partial charge in [0.2, 0.25) is 5.91 Å². The molecule has 1 aromatic carbocycles. The van der Waals surface area contributed by atoms with Crippen LogP contribution < -0.4 is 10.6 Å². The molecule has 0 bridgehead atoms. The maximum Gasteiger partial charge on any atom is 0.253 e. The van der Waals surface area contributed by atoms with E-state index in [9.17, 15) is 9.59 Å². The molecular weight excluding hydrogens is 358 g/mol. The van der Waals surface area contributed by atoms with E-state index in [2.05, 4.69) is 4.98 Å². The topological polar surface area (TPSA) is 105 Å². The lowest BCUT2D eigenvalue weighted by molar-refractivity contribution is -0.118. The molecule has 0 aliphatic carbocycles. The molecule has 1 aliphatic rings. The first kappa shape index (κ1) is 19.9. The minimum absolute atomic E-state index is 0.00549. The van der Waals surface area contributed by atoms with Gasteiger partial charge in [0.25, 0.3) is 5.91 Å². The Labute approximate surface area is 164 Å². The van der Waals surface area contributed by atoms with E-state index in [1.54, 1.807) is 17.0 Å². The molecule has 28 heavy (non-hydrogen) atoms. The van der Waals surface area contributed by atoms with Crippen LogP contribution in [0.4, 0.5) is 5.69 Å². The SMILES string of the molecule is CN(CCO)c1ccc(C(=O)N2CCCC(c3nccn3CC(N)=O)C2)cc1. The van der Waals surface area contributed by atoms with Crippen molar-refractivity contribution in [3.05, 3.63) is 48.0 Å². The largest absolute Gasteiger partial charge is 0.395 e. The molecule has 8 nitrogen and oxygen atoms in total. The Morgan fingerprint density at radius 2 is 2.07 bits per heavy atom. The minimum Gasteiger partial charge on any atom is -0.395 e. The molecule has 8 heteroatoms. The number of hydrogen-bond donors (Lipinski definition) is 2. The van der Waals surface area contributed by atoms with Crippen LogP contribution in [0.25, 0.3) is 0 Å². The van der Waals surface area contributed by atoms with Crippen molar-refractivity contribution in [1.82, 2.24) is 14.5 Å². The van der Waals surface area contributed by atoms with Gasteiger partial charge < -0.3 is 25.2 Å². The van der Waals surface area contributed by atoms with Crippen LogP contribution in [0.3, 0.4) is 0 Å². The number of piperidine rings is 1. The second kappa shape index (κ2) is 8.88. The summed E-state index contributed by atoms with van der Waals surface area (Å²) in [6.07, 6.45) is 5.23. The Balaban J connectivity index is 1.69. The van der Waals surface area contributed by atoms with Gasteiger partial charge in [0.15, 0.2) is 0 Å². The van der Waals surface area contributed by atoms with Crippen molar-refractivity contribution in [2.75, 3.05) is 38.2 Å². The lowest BCUT2D eigenvalue weighted by Gasteiger charge is -2.32. The van der Waals surface area contributed by atoms with Gasteiger partial charge in [-0.2, -0.15) is 0 Å². The zero-order chi connectivity index (χ0) is 20.1. The summed E-state index contributed by atoms with van der Waals surface area (Å²) < 4.78 is 1.77. The van der Waals surface area contributed by atoms with E-state index in [4.69, 9.17) is 10.8 Å². The molecule has 1 aliphatic heterocycles. The number of nitrogens with zero attached hydrogens (tertiary/aromatic N) is 4. The molecule has 2 heterocycles. The van der Waals surface area contributed by atoms with Crippen LogP contribution >= 0.6 is 0 Å². The number of nitrogens with two attached hydrogens (primary N) is 1. The van der Waals surface area contributed by atoms with Crippen molar-refractivity contribution >= 4 is 17.5 Å². The van der Waals surface area contributed by atoms with E-state index in [1.165, 1.54) is 0 Å². The zero-order valence-corrected chi connectivity index (χ0v) is 16.1. The third kappa shape index (κ3) is 4.51. The highest BCUT2D eigenvalue weighted by molar-refractivity contribution is 5.94. The monoisotopic (exact) mass is 385 g/mol. The van der Waals surface area contributed by atoms with Gasteiger partial charge in [0.05, 0.1) is 6.61 Å². The van der Waals surface area contributed by atoms with Gasteiger partial charge in [-0.3, -0.25) is 9.59 Å². The number of likely N-dealkylation sites (tertiary alicyclic amines) is 1. The molecule has 1 fully saturated rings. The summed E-state index contributed by atoms with van der Waals surface area (Å²) in [7, 11) is 1.90. The second-order valence-corrected chi connectivity index (χ2v) is 7.16. The number of aliphatic hydroxyl groups is 1. The number of aliphatic hydroxyl groups excluding tert-OH is 1. The van der Waals surface area contributed by atoms with E-state index in [0.29, 0.717) is 25.2 Å². The maximum atomic E-state index is 13.0. The van der Waals surface area contributed by atoms with Gasteiger partial charge >= 0.3 is 0 Å². The highest BCUT2D eigenvalue weighted by Gasteiger charge is 2.28. The van der Waals surface area contributed by atoms with Crippen molar-refractivity contribution in [3.8, 4) is 0 Å². The van der Waals surface area contributed by atoms with Gasteiger partial charge in [-0.15, -0.1) is 0 Å². The highest BCUT2D eigenvalue weighted by atomic mass is 16.3. The van der Waals surface area contributed by atoms with Crippen LogP contribution in [0.5, 0.6) is 0 Å². The van der Waals surface area contributed by atoms with Crippen LogP contribution in [-0.2, 0) is 11.3 Å². The fraction of sp³-hybridized carbons (Fsp3) is 0.450. The number of imidazole rings is 1. The quantitative estimate of drug-likeness (QED) is 0.734. The van der Waals surface area contributed by atoms with Crippen molar-refractivity contribution < 1.29 is 14.7 Å². The van der Waals surface area contributed by atoms with Crippen LogP contribution in [-0.4, -0.2) is 64.7 Å². The standard InChI is InChI=1S/C20H27N5O3/c1-23(11-12-26)17-6-4-15(5-7-17)20(28)25-9-2-3-16(13-25)19-22-8-10-24(19)14-18(21)27/h4-8,10,16,26H,2-3,9,11-14H2,1H3,(H2,21,27). The predicted molar refractivity (Wildman–Crippen MR) is 106 cm³/mol. The smallest absolute Gasteiger partial charge is 0.253 e. The highest BCUT2D eigenvalue weighted by Crippen LogP contribution is 2.27. The minimum atomic E-state index is -0.408. The summed E-state index contributed by atoms with van der Waals surface area (Å²) in [5.41, 5.74) is 6.91. The number of likely N-dealkylation sites (N-methyl/N-ethyl adjacent to an activating group) is 1. The van der Waals surface area contributed by atoms with Crippen molar-refractivity contribution in [2.45, 2.75) is 25.3 Å². The van der Waals surface area contributed by atoms with E-state index in [1.807, 2.05) is 41.1 Å². The molecule has 1 atom stereocenters. The number of hydrogen-bond acceptors (Lipinski definition) is 5. The fourth-order valence-corrected chi connectivity index (χ4v) is 3.67.